The van der Waals surface area contributed by atoms with Gasteiger partial charge in [-0.15, -0.1) is 11.8 Å². The van der Waals surface area contributed by atoms with Crippen LogP contribution in [0.3, 0.4) is 0 Å². The van der Waals surface area contributed by atoms with Crippen LogP contribution in [0.5, 0.6) is 0 Å². The van der Waals surface area contributed by atoms with Crippen LogP contribution in [-0.2, 0) is 16.4 Å². The van der Waals surface area contributed by atoms with Crippen molar-refractivity contribution in [3.8, 4) is 11.1 Å². The van der Waals surface area contributed by atoms with E-state index in [2.05, 4.69) is 22.2 Å². The number of benzene rings is 3. The number of thioether (sulfide) groups is 1. The van der Waals surface area contributed by atoms with E-state index in [1.165, 1.54) is 17.3 Å². The summed E-state index contributed by atoms with van der Waals surface area (Å²) in [5.74, 6) is -0.623. The second kappa shape index (κ2) is 12.5. The smallest absolute Gasteiger partial charge is 0.265 e. The minimum absolute atomic E-state index is 0.0676. The van der Waals surface area contributed by atoms with Gasteiger partial charge < -0.3 is 10.4 Å². The lowest BCUT2D eigenvalue weighted by Gasteiger charge is -2.20. The lowest BCUT2D eigenvalue weighted by molar-refractivity contribution is 0.0979. The Hall–Kier alpha value is -2.65. The molecule has 0 aliphatic heterocycles. The Kier molecular flexibility index (Phi) is 9.73. The molecule has 3 N–H and O–H groups in total. The van der Waals surface area contributed by atoms with Crippen LogP contribution in [0.25, 0.3) is 11.1 Å². The first-order valence-corrected chi connectivity index (χ1v) is 14.7. The molecule has 0 aliphatic rings. The Bertz CT molecular complexity index is 1260. The molecule has 3 aromatic rings. The molecule has 0 aromatic heterocycles. The van der Waals surface area contributed by atoms with Gasteiger partial charge in [0.05, 0.1) is 17.9 Å². The van der Waals surface area contributed by atoms with Crippen molar-refractivity contribution in [1.82, 2.24) is 10.0 Å². The Morgan fingerprint density at radius 1 is 0.944 bits per heavy atom. The minimum Gasteiger partial charge on any atom is -0.387 e. The van der Waals surface area contributed by atoms with Crippen molar-refractivity contribution in [2.75, 3.05) is 12.8 Å². The van der Waals surface area contributed by atoms with E-state index in [-0.39, 0.29) is 11.3 Å². The number of carbonyl (C=O) groups is 1. The number of rotatable bonds is 11. The maximum atomic E-state index is 12.5. The molecule has 3 rings (SSSR count). The first kappa shape index (κ1) is 27.9. The van der Waals surface area contributed by atoms with E-state index in [4.69, 9.17) is 0 Å². The highest BCUT2D eigenvalue weighted by Gasteiger charge is 2.18. The van der Waals surface area contributed by atoms with Crippen LogP contribution < -0.4 is 10.0 Å². The zero-order valence-corrected chi connectivity index (χ0v) is 22.7. The molecule has 192 valence electrons. The second-order valence-electron chi connectivity index (χ2n) is 9.13. The Morgan fingerprint density at radius 3 is 2.19 bits per heavy atom. The molecule has 1 amide bonds. The van der Waals surface area contributed by atoms with Crippen LogP contribution in [-0.4, -0.2) is 43.5 Å². The van der Waals surface area contributed by atoms with Crippen LogP contribution >= 0.6 is 11.8 Å². The number of hydrogen-bond donors (Lipinski definition) is 3. The molecular formula is C28H34N2O4S2. The summed E-state index contributed by atoms with van der Waals surface area (Å²) in [7, 11) is -3.64. The van der Waals surface area contributed by atoms with Crippen molar-refractivity contribution < 1.29 is 18.3 Å². The molecule has 0 fully saturated rings. The van der Waals surface area contributed by atoms with Crippen molar-refractivity contribution >= 4 is 27.7 Å². The SMILES string of the molecule is CC(C)Sc1cc(-c2ccc(CCN[C@@H](C)[C@H](O)c3ccccc3)cc2)ccc1C(=O)NS(C)(=O)=O. The lowest BCUT2D eigenvalue weighted by atomic mass is 10.0. The maximum Gasteiger partial charge on any atom is 0.265 e. The molecular weight excluding hydrogens is 492 g/mol. The minimum atomic E-state index is -3.64. The van der Waals surface area contributed by atoms with Gasteiger partial charge >= 0.3 is 0 Å². The van der Waals surface area contributed by atoms with Crippen molar-refractivity contribution in [1.29, 1.82) is 0 Å². The van der Waals surface area contributed by atoms with E-state index in [9.17, 15) is 18.3 Å². The van der Waals surface area contributed by atoms with Crippen LogP contribution in [0.1, 0.15) is 48.4 Å². The first-order valence-electron chi connectivity index (χ1n) is 11.9. The molecule has 8 heteroatoms. The normalized spacial score (nSPS) is 13.4. The summed E-state index contributed by atoms with van der Waals surface area (Å²) in [6.07, 6.45) is 1.23. The van der Waals surface area contributed by atoms with Gasteiger partial charge in [-0.3, -0.25) is 4.79 Å². The Morgan fingerprint density at radius 2 is 1.58 bits per heavy atom. The van der Waals surface area contributed by atoms with E-state index in [1.54, 1.807) is 6.07 Å². The standard InChI is InChI=1S/C28H34N2O4S2/c1-19(2)35-26-18-24(14-15-25(26)28(32)30-36(4,33)34)22-12-10-21(11-13-22)16-17-29-20(3)27(31)23-8-6-5-7-9-23/h5-15,18-20,27,29,31H,16-17H2,1-4H3,(H,30,32)/t20-,27-/m0/s1. The predicted molar refractivity (Wildman–Crippen MR) is 148 cm³/mol. The van der Waals surface area contributed by atoms with Gasteiger partial charge in [0.2, 0.25) is 10.0 Å². The zero-order chi connectivity index (χ0) is 26.3. The van der Waals surface area contributed by atoms with E-state index in [0.717, 1.165) is 40.8 Å². The molecule has 6 nitrogen and oxygen atoms in total. The summed E-state index contributed by atoms with van der Waals surface area (Å²) in [5, 5.41) is 14.1. The number of aliphatic hydroxyl groups is 1. The highest BCUT2D eigenvalue weighted by atomic mass is 32.2. The Balaban J connectivity index is 1.66. The summed E-state index contributed by atoms with van der Waals surface area (Å²) in [6.45, 7) is 6.77. The molecule has 0 spiro atoms. The molecule has 2 atom stereocenters. The topological polar surface area (TPSA) is 95.5 Å². The number of nitrogens with one attached hydrogen (secondary N) is 2. The molecule has 0 aliphatic carbocycles. The van der Waals surface area contributed by atoms with E-state index in [0.29, 0.717) is 5.56 Å². The quantitative estimate of drug-likeness (QED) is 0.311. The average Bonchev–Trinajstić information content (AvgIpc) is 2.83. The highest BCUT2D eigenvalue weighted by Crippen LogP contribution is 2.32. The predicted octanol–water partition coefficient (Wildman–Crippen LogP) is 4.80. The highest BCUT2D eigenvalue weighted by molar-refractivity contribution is 8.00. The molecule has 0 bridgehead atoms. The van der Waals surface area contributed by atoms with Crippen molar-refractivity contribution in [2.45, 2.75) is 49.5 Å². The van der Waals surface area contributed by atoms with Gasteiger partial charge in [-0.05, 0) is 54.3 Å². The number of hydrogen-bond acceptors (Lipinski definition) is 6. The van der Waals surface area contributed by atoms with Crippen molar-refractivity contribution in [3.63, 3.8) is 0 Å². The van der Waals surface area contributed by atoms with Crippen LogP contribution in [0, 0.1) is 0 Å². The van der Waals surface area contributed by atoms with Gasteiger partial charge in [0.1, 0.15) is 0 Å². The fraction of sp³-hybridized carbons (Fsp3) is 0.321. The number of amides is 1. The average molecular weight is 527 g/mol. The molecule has 0 radical (unpaired) electrons. The van der Waals surface area contributed by atoms with Gasteiger partial charge in [-0.25, -0.2) is 13.1 Å². The molecule has 36 heavy (non-hydrogen) atoms. The summed E-state index contributed by atoms with van der Waals surface area (Å²) in [5.41, 5.74) is 4.39. The molecule has 0 unspecified atom stereocenters. The van der Waals surface area contributed by atoms with Crippen LogP contribution in [0.15, 0.2) is 77.7 Å². The third-order valence-electron chi connectivity index (χ3n) is 5.65. The fourth-order valence-corrected chi connectivity index (χ4v) is 5.26. The zero-order valence-electron chi connectivity index (χ0n) is 21.1. The van der Waals surface area contributed by atoms with Gasteiger partial charge in [0.25, 0.3) is 5.91 Å². The van der Waals surface area contributed by atoms with Crippen LogP contribution in [0.2, 0.25) is 0 Å². The van der Waals surface area contributed by atoms with E-state index in [1.807, 2.05) is 75.4 Å². The summed E-state index contributed by atoms with van der Waals surface area (Å²) in [4.78, 5) is 13.2. The third kappa shape index (κ3) is 8.20. The second-order valence-corrected chi connectivity index (χ2v) is 12.5. The lowest BCUT2D eigenvalue weighted by Crippen LogP contribution is -2.33. The number of aliphatic hydroxyl groups excluding tert-OH is 1. The molecule has 0 saturated heterocycles. The van der Waals surface area contributed by atoms with Gasteiger partial charge in [-0.2, -0.15) is 0 Å². The molecule has 3 aromatic carbocycles. The van der Waals surface area contributed by atoms with E-state index >= 15 is 0 Å². The monoisotopic (exact) mass is 526 g/mol. The fourth-order valence-electron chi connectivity index (χ4n) is 3.82. The summed E-state index contributed by atoms with van der Waals surface area (Å²) >= 11 is 1.52. The van der Waals surface area contributed by atoms with Crippen LogP contribution in [0.4, 0.5) is 0 Å². The van der Waals surface area contributed by atoms with Gasteiger partial charge in [-0.1, -0.05) is 74.5 Å². The molecule has 0 saturated carbocycles. The third-order valence-corrected chi connectivity index (χ3v) is 7.27. The number of sulfonamides is 1. The largest absolute Gasteiger partial charge is 0.387 e. The van der Waals surface area contributed by atoms with Gasteiger partial charge in [0.15, 0.2) is 0 Å². The van der Waals surface area contributed by atoms with Crippen molar-refractivity contribution in [2.24, 2.45) is 0 Å². The first-order chi connectivity index (χ1) is 17.0. The molecule has 0 heterocycles. The number of carbonyl (C=O) groups excluding carboxylic acids is 1. The van der Waals surface area contributed by atoms with Gasteiger partial charge in [0, 0.05) is 16.2 Å². The van der Waals surface area contributed by atoms with E-state index < -0.39 is 22.0 Å². The summed E-state index contributed by atoms with van der Waals surface area (Å²) < 4.78 is 25.1. The Labute approximate surface area is 218 Å². The summed E-state index contributed by atoms with van der Waals surface area (Å²) in [6, 6.07) is 23.3. The van der Waals surface area contributed by atoms with Crippen molar-refractivity contribution in [3.05, 3.63) is 89.5 Å². The maximum absolute atomic E-state index is 12.5.